The van der Waals surface area contributed by atoms with Gasteiger partial charge in [0.1, 0.15) is 5.01 Å². The van der Waals surface area contributed by atoms with Crippen molar-refractivity contribution in [3.05, 3.63) is 5.01 Å². The van der Waals surface area contributed by atoms with E-state index >= 15 is 0 Å². The monoisotopic (exact) mass is 382 g/mol. The molecule has 0 unspecified atom stereocenters. The van der Waals surface area contributed by atoms with E-state index in [2.05, 4.69) is 15.5 Å². The van der Waals surface area contributed by atoms with Gasteiger partial charge in [0.2, 0.25) is 16.9 Å². The molecule has 0 radical (unpaired) electrons. The van der Waals surface area contributed by atoms with Crippen molar-refractivity contribution in [1.82, 2.24) is 15.1 Å². The van der Waals surface area contributed by atoms with Crippen LogP contribution in [-0.4, -0.2) is 59.0 Å². The number of carbonyl (C=O) groups excluding carboxylic acids is 2. The molecule has 3 rings (SSSR count). The van der Waals surface area contributed by atoms with Gasteiger partial charge in [0, 0.05) is 44.2 Å². The zero-order valence-corrected chi connectivity index (χ0v) is 16.4. The topological polar surface area (TPSA) is 93.7 Å². The summed E-state index contributed by atoms with van der Waals surface area (Å²) in [4.78, 5) is 26.2. The molecule has 1 N–H and O–H groups in total. The number of nitrogens with one attached hydrogen (secondary N) is 1. The number of hydrogen-bond acceptors (Lipinski definition) is 7. The molecule has 2 amide bonds. The van der Waals surface area contributed by atoms with E-state index in [0.29, 0.717) is 44.3 Å². The molecule has 144 valence electrons. The highest BCUT2D eigenvalue weighted by molar-refractivity contribution is 7.15. The van der Waals surface area contributed by atoms with Gasteiger partial charge in [0.25, 0.3) is 0 Å². The molecule has 9 heteroatoms. The lowest BCUT2D eigenvalue weighted by Crippen LogP contribution is -2.47. The molecule has 2 aliphatic heterocycles. The Morgan fingerprint density at radius 3 is 2.38 bits per heavy atom. The Hall–Kier alpha value is -1.58. The number of nitrogens with zero attached hydrogens (tertiary/aromatic N) is 3. The van der Waals surface area contributed by atoms with Gasteiger partial charge in [-0.25, -0.2) is 0 Å². The van der Waals surface area contributed by atoms with Crippen LogP contribution in [0, 0.1) is 0 Å². The van der Waals surface area contributed by atoms with E-state index in [-0.39, 0.29) is 30.1 Å². The van der Waals surface area contributed by atoms with E-state index < -0.39 is 5.79 Å². The van der Waals surface area contributed by atoms with Gasteiger partial charge in [-0.1, -0.05) is 32.1 Å². The number of ether oxygens (including phenoxy) is 2. The first kappa shape index (κ1) is 19.2. The molecule has 2 saturated heterocycles. The second kappa shape index (κ2) is 7.58. The van der Waals surface area contributed by atoms with Crippen LogP contribution in [0.25, 0.3) is 0 Å². The summed E-state index contributed by atoms with van der Waals surface area (Å²) < 4.78 is 11.3. The molecule has 0 bridgehead atoms. The highest BCUT2D eigenvalue weighted by Gasteiger charge is 2.40. The summed E-state index contributed by atoms with van der Waals surface area (Å²) in [5, 5.41) is 12.2. The lowest BCUT2D eigenvalue weighted by Gasteiger charge is -2.37. The maximum Gasteiger partial charge on any atom is 0.226 e. The average Bonchev–Trinajstić information content (AvgIpc) is 3.23. The molecule has 3 heterocycles. The Morgan fingerprint density at radius 2 is 1.81 bits per heavy atom. The first-order valence-electron chi connectivity index (χ1n) is 8.97. The SMILES string of the molecule is CC(C)(C)c1nnc(NC(=O)CCC(=O)N2CCC3(CC2)OCCO3)s1. The van der Waals surface area contributed by atoms with Crippen molar-refractivity contribution in [2.75, 3.05) is 31.6 Å². The Balaban J connectivity index is 1.41. The summed E-state index contributed by atoms with van der Waals surface area (Å²) >= 11 is 1.36. The maximum absolute atomic E-state index is 12.3. The van der Waals surface area contributed by atoms with Crippen molar-refractivity contribution in [3.8, 4) is 0 Å². The second-order valence-corrected chi connectivity index (χ2v) is 8.68. The van der Waals surface area contributed by atoms with Gasteiger partial charge in [-0.3, -0.25) is 9.59 Å². The van der Waals surface area contributed by atoms with Crippen LogP contribution in [-0.2, 0) is 24.5 Å². The van der Waals surface area contributed by atoms with Crippen molar-refractivity contribution in [1.29, 1.82) is 0 Å². The largest absolute Gasteiger partial charge is 0.347 e. The van der Waals surface area contributed by atoms with E-state index in [0.717, 1.165) is 5.01 Å². The number of likely N-dealkylation sites (tertiary alicyclic amines) is 1. The van der Waals surface area contributed by atoms with Gasteiger partial charge in [-0.05, 0) is 0 Å². The summed E-state index contributed by atoms with van der Waals surface area (Å²) in [6.45, 7) is 8.58. The van der Waals surface area contributed by atoms with E-state index in [9.17, 15) is 9.59 Å². The molecule has 2 aliphatic rings. The van der Waals surface area contributed by atoms with Gasteiger partial charge in [-0.15, -0.1) is 10.2 Å². The quantitative estimate of drug-likeness (QED) is 0.855. The highest BCUT2D eigenvalue weighted by Crippen LogP contribution is 2.31. The zero-order chi connectivity index (χ0) is 18.8. The first-order chi connectivity index (χ1) is 12.3. The smallest absolute Gasteiger partial charge is 0.226 e. The highest BCUT2D eigenvalue weighted by atomic mass is 32.1. The molecular weight excluding hydrogens is 356 g/mol. The molecule has 2 fully saturated rings. The first-order valence-corrected chi connectivity index (χ1v) is 9.79. The van der Waals surface area contributed by atoms with Crippen LogP contribution >= 0.6 is 11.3 Å². The minimum absolute atomic E-state index is 0.0133. The van der Waals surface area contributed by atoms with Crippen molar-refractivity contribution >= 4 is 28.3 Å². The van der Waals surface area contributed by atoms with E-state index in [1.807, 2.05) is 20.8 Å². The van der Waals surface area contributed by atoms with Crippen molar-refractivity contribution in [2.24, 2.45) is 0 Å². The Morgan fingerprint density at radius 1 is 1.15 bits per heavy atom. The van der Waals surface area contributed by atoms with Crippen molar-refractivity contribution in [2.45, 2.75) is 57.7 Å². The fourth-order valence-corrected chi connectivity index (χ4v) is 3.84. The third-order valence-electron chi connectivity index (χ3n) is 4.57. The number of anilines is 1. The standard InChI is InChI=1S/C17H26N4O4S/c1-16(2,3)14-19-20-15(26-14)18-12(22)4-5-13(23)21-8-6-17(7-9-21)24-10-11-25-17/h4-11H2,1-3H3,(H,18,20,22). The maximum atomic E-state index is 12.3. The van der Waals surface area contributed by atoms with E-state index in [1.54, 1.807) is 4.90 Å². The van der Waals surface area contributed by atoms with Gasteiger partial charge in [0.15, 0.2) is 5.79 Å². The minimum atomic E-state index is -0.489. The van der Waals surface area contributed by atoms with Crippen LogP contribution in [0.2, 0.25) is 0 Å². The predicted molar refractivity (Wildman–Crippen MR) is 96.9 cm³/mol. The predicted octanol–water partition coefficient (Wildman–Crippen LogP) is 1.92. The molecule has 26 heavy (non-hydrogen) atoms. The average molecular weight is 382 g/mol. The molecule has 0 saturated carbocycles. The summed E-state index contributed by atoms with van der Waals surface area (Å²) in [5.74, 6) is -0.719. The number of rotatable bonds is 4. The van der Waals surface area contributed by atoms with Crippen LogP contribution in [0.5, 0.6) is 0 Å². The van der Waals surface area contributed by atoms with Crippen molar-refractivity contribution in [3.63, 3.8) is 0 Å². The molecule has 8 nitrogen and oxygen atoms in total. The summed E-state index contributed by atoms with van der Waals surface area (Å²) in [6.07, 6.45) is 1.69. The zero-order valence-electron chi connectivity index (χ0n) is 15.5. The van der Waals surface area contributed by atoms with Gasteiger partial charge < -0.3 is 19.7 Å². The normalized spacial score (nSPS) is 19.7. The Bertz CT molecular complexity index is 654. The molecule has 0 aromatic carbocycles. The Kier molecular flexibility index (Phi) is 5.59. The number of carbonyl (C=O) groups is 2. The fourth-order valence-electron chi connectivity index (χ4n) is 3.02. The van der Waals surface area contributed by atoms with Gasteiger partial charge in [-0.2, -0.15) is 0 Å². The minimum Gasteiger partial charge on any atom is -0.347 e. The third kappa shape index (κ3) is 4.57. The number of piperidine rings is 1. The number of aromatic nitrogens is 2. The Labute approximate surface area is 157 Å². The summed E-state index contributed by atoms with van der Waals surface area (Å²) in [6, 6.07) is 0. The van der Waals surface area contributed by atoms with Crippen LogP contribution in [0.4, 0.5) is 5.13 Å². The van der Waals surface area contributed by atoms with E-state index in [4.69, 9.17) is 9.47 Å². The fraction of sp³-hybridized carbons (Fsp3) is 0.765. The summed E-state index contributed by atoms with van der Waals surface area (Å²) in [5.41, 5.74) is -0.102. The molecule has 0 aliphatic carbocycles. The lowest BCUT2D eigenvalue weighted by atomic mass is 9.98. The van der Waals surface area contributed by atoms with Crippen LogP contribution in [0.3, 0.4) is 0 Å². The van der Waals surface area contributed by atoms with Crippen LogP contribution < -0.4 is 5.32 Å². The molecular formula is C17H26N4O4S. The van der Waals surface area contributed by atoms with Crippen LogP contribution in [0.15, 0.2) is 0 Å². The molecule has 1 aromatic rings. The van der Waals surface area contributed by atoms with Crippen molar-refractivity contribution < 1.29 is 19.1 Å². The molecule has 1 aromatic heterocycles. The lowest BCUT2D eigenvalue weighted by molar-refractivity contribution is -0.187. The summed E-state index contributed by atoms with van der Waals surface area (Å²) in [7, 11) is 0. The van der Waals surface area contributed by atoms with Crippen LogP contribution in [0.1, 0.15) is 51.5 Å². The number of hydrogen-bond donors (Lipinski definition) is 1. The van der Waals surface area contributed by atoms with Gasteiger partial charge >= 0.3 is 0 Å². The molecule has 1 spiro atoms. The second-order valence-electron chi connectivity index (χ2n) is 7.70. The molecule has 0 atom stereocenters. The number of amides is 2. The third-order valence-corrected chi connectivity index (χ3v) is 5.83. The van der Waals surface area contributed by atoms with Gasteiger partial charge in [0.05, 0.1) is 13.2 Å². The van der Waals surface area contributed by atoms with E-state index in [1.165, 1.54) is 11.3 Å².